The minimum atomic E-state index is -1.37. The normalized spacial score (nSPS) is 26.4. The summed E-state index contributed by atoms with van der Waals surface area (Å²) in [4.78, 5) is 34.8. The number of hydrogen-bond acceptors (Lipinski definition) is 8. The molecule has 0 unspecified atom stereocenters. The van der Waals surface area contributed by atoms with Gasteiger partial charge in [0.15, 0.2) is 6.29 Å². The van der Waals surface area contributed by atoms with Crippen LogP contribution in [0.1, 0.15) is 65.7 Å². The van der Waals surface area contributed by atoms with Gasteiger partial charge in [-0.3, -0.25) is 14.4 Å². The predicted molar refractivity (Wildman–Crippen MR) is 116 cm³/mol. The first-order chi connectivity index (χ1) is 15.1. The lowest BCUT2D eigenvalue weighted by Crippen LogP contribution is -2.57. The van der Waals surface area contributed by atoms with Crippen LogP contribution in [-0.4, -0.2) is 83.3 Å². The first kappa shape index (κ1) is 28.4. The molecule has 10 nitrogen and oxygen atoms in total. The summed E-state index contributed by atoms with van der Waals surface area (Å²) in [7, 11) is 0. The molecule has 0 spiro atoms. The van der Waals surface area contributed by atoms with E-state index in [4.69, 9.17) is 9.47 Å². The van der Waals surface area contributed by atoms with Gasteiger partial charge in [0.1, 0.15) is 24.1 Å². The number of unbranched alkanes of at least 4 members (excludes halogenated alkanes) is 2. The summed E-state index contributed by atoms with van der Waals surface area (Å²) in [5.74, 6) is 0.0626. The average molecular weight is 461 g/mol. The second kappa shape index (κ2) is 15.3. The summed E-state index contributed by atoms with van der Waals surface area (Å²) >= 11 is 0. The van der Waals surface area contributed by atoms with Crippen molar-refractivity contribution in [2.24, 2.45) is 5.92 Å². The molecule has 1 saturated heterocycles. The molecule has 6 atom stereocenters. The molecule has 10 heteroatoms. The molecule has 1 heterocycles. The van der Waals surface area contributed by atoms with E-state index in [0.717, 1.165) is 19.3 Å². The largest absolute Gasteiger partial charge is 0.388 e. The van der Waals surface area contributed by atoms with Crippen LogP contribution in [0, 0.1) is 5.92 Å². The highest BCUT2D eigenvalue weighted by Gasteiger charge is 2.42. The molecule has 1 fully saturated rings. The monoisotopic (exact) mass is 460 g/mol. The van der Waals surface area contributed by atoms with Crippen molar-refractivity contribution in [1.82, 2.24) is 10.6 Å². The maximum absolute atomic E-state index is 11.9. The van der Waals surface area contributed by atoms with Crippen molar-refractivity contribution in [2.45, 2.75) is 96.4 Å². The highest BCUT2D eigenvalue weighted by molar-refractivity contribution is 5.78. The summed E-state index contributed by atoms with van der Waals surface area (Å²) in [6.45, 7) is 5.96. The molecule has 32 heavy (non-hydrogen) atoms. The van der Waals surface area contributed by atoms with Crippen molar-refractivity contribution in [3.63, 3.8) is 0 Å². The minimum absolute atomic E-state index is 0.0361. The van der Waals surface area contributed by atoms with Gasteiger partial charge in [0, 0.05) is 31.8 Å². The fourth-order valence-electron chi connectivity index (χ4n) is 3.27. The van der Waals surface area contributed by atoms with Crippen molar-refractivity contribution < 1.29 is 39.2 Å². The van der Waals surface area contributed by atoms with Crippen LogP contribution in [0.2, 0.25) is 0 Å². The molecule has 5 N–H and O–H groups in total. The Morgan fingerprint density at radius 1 is 0.906 bits per heavy atom. The van der Waals surface area contributed by atoms with E-state index in [1.165, 1.54) is 0 Å². The van der Waals surface area contributed by atoms with Gasteiger partial charge in [-0.05, 0) is 39.5 Å². The van der Waals surface area contributed by atoms with E-state index in [1.807, 2.05) is 6.92 Å². The number of carbonyl (C=O) groups excluding carboxylic acids is 3. The third-order valence-corrected chi connectivity index (χ3v) is 5.65. The smallest absolute Gasteiger partial charge is 0.220 e. The van der Waals surface area contributed by atoms with E-state index < -0.39 is 30.7 Å². The van der Waals surface area contributed by atoms with Gasteiger partial charge in [-0.15, -0.1) is 0 Å². The molecule has 0 saturated carbocycles. The predicted octanol–water partition coefficient (Wildman–Crippen LogP) is 0.0187. The van der Waals surface area contributed by atoms with Gasteiger partial charge in [-0.25, -0.2) is 0 Å². The molecule has 0 radical (unpaired) electrons. The first-order valence-corrected chi connectivity index (χ1v) is 11.5. The third kappa shape index (κ3) is 10.8. The second-order valence-electron chi connectivity index (χ2n) is 8.47. The van der Waals surface area contributed by atoms with E-state index in [2.05, 4.69) is 10.6 Å². The number of ketones is 1. The SMILES string of the molecule is CC(=O)[C@@H](C)CCCCNC(=O)CCCCC(=O)NCCO[C@@H]1O[C@@H](C)[C@@H](O)[C@@H](O)[C@@H]1O. The van der Waals surface area contributed by atoms with Gasteiger partial charge in [-0.1, -0.05) is 13.3 Å². The molecule has 0 aromatic rings. The number of amides is 2. The van der Waals surface area contributed by atoms with Crippen molar-refractivity contribution >= 4 is 17.6 Å². The first-order valence-electron chi connectivity index (χ1n) is 11.5. The van der Waals surface area contributed by atoms with Crippen LogP contribution < -0.4 is 10.6 Å². The molecule has 0 aromatic heterocycles. The second-order valence-corrected chi connectivity index (χ2v) is 8.47. The zero-order chi connectivity index (χ0) is 24.1. The molecule has 0 aromatic carbocycles. The van der Waals surface area contributed by atoms with Crippen molar-refractivity contribution in [1.29, 1.82) is 0 Å². The van der Waals surface area contributed by atoms with Crippen molar-refractivity contribution in [2.75, 3.05) is 19.7 Å². The maximum atomic E-state index is 11.9. The fourth-order valence-corrected chi connectivity index (χ4v) is 3.27. The lowest BCUT2D eigenvalue weighted by molar-refractivity contribution is -0.292. The zero-order valence-electron chi connectivity index (χ0n) is 19.4. The number of Topliss-reactive ketones (excluding diaryl/α,β-unsaturated/α-hetero) is 1. The van der Waals surface area contributed by atoms with Gasteiger partial charge < -0.3 is 35.4 Å². The number of nitrogens with one attached hydrogen (secondary N) is 2. The van der Waals surface area contributed by atoms with E-state index in [-0.39, 0.29) is 36.7 Å². The van der Waals surface area contributed by atoms with E-state index in [1.54, 1.807) is 13.8 Å². The van der Waals surface area contributed by atoms with Crippen LogP contribution in [0.25, 0.3) is 0 Å². The maximum Gasteiger partial charge on any atom is 0.220 e. The number of ether oxygens (including phenoxy) is 2. The van der Waals surface area contributed by atoms with E-state index in [9.17, 15) is 29.7 Å². The number of carbonyl (C=O) groups is 3. The van der Waals surface area contributed by atoms with Crippen molar-refractivity contribution in [3.8, 4) is 0 Å². The molecule has 186 valence electrons. The molecule has 1 aliphatic rings. The third-order valence-electron chi connectivity index (χ3n) is 5.65. The molecule has 1 aliphatic heterocycles. The highest BCUT2D eigenvalue weighted by Crippen LogP contribution is 2.21. The molecule has 0 aliphatic carbocycles. The quantitative estimate of drug-likeness (QED) is 0.214. The Bertz CT molecular complexity index is 588. The zero-order valence-corrected chi connectivity index (χ0v) is 19.4. The summed E-state index contributed by atoms with van der Waals surface area (Å²) in [6.07, 6.45) is -1.23. The van der Waals surface area contributed by atoms with Crippen LogP contribution in [-0.2, 0) is 23.9 Å². The lowest BCUT2D eigenvalue weighted by Gasteiger charge is -2.38. The van der Waals surface area contributed by atoms with Gasteiger partial charge in [0.2, 0.25) is 11.8 Å². The van der Waals surface area contributed by atoms with Crippen LogP contribution >= 0.6 is 0 Å². The molecule has 2 amide bonds. The fraction of sp³-hybridized carbons (Fsp3) is 0.864. The number of aliphatic hydroxyl groups excluding tert-OH is 3. The number of rotatable bonds is 15. The summed E-state index contributed by atoms with van der Waals surface area (Å²) < 4.78 is 10.6. The number of hydrogen-bond donors (Lipinski definition) is 5. The Kier molecular flexibility index (Phi) is 13.6. The molecular formula is C22H40N2O8. The molecule has 1 rings (SSSR count). The van der Waals surface area contributed by atoms with Gasteiger partial charge in [0.05, 0.1) is 12.7 Å². The Morgan fingerprint density at radius 2 is 1.50 bits per heavy atom. The van der Waals surface area contributed by atoms with Crippen LogP contribution in [0.5, 0.6) is 0 Å². The van der Waals surface area contributed by atoms with Crippen LogP contribution in [0.15, 0.2) is 0 Å². The summed E-state index contributed by atoms with van der Waals surface area (Å²) in [6, 6.07) is 0. The highest BCUT2D eigenvalue weighted by atomic mass is 16.7. The Hall–Kier alpha value is -1.59. The van der Waals surface area contributed by atoms with E-state index >= 15 is 0 Å². The van der Waals surface area contributed by atoms with Crippen molar-refractivity contribution in [3.05, 3.63) is 0 Å². The Morgan fingerprint density at radius 3 is 2.09 bits per heavy atom. The van der Waals surface area contributed by atoms with Gasteiger partial charge >= 0.3 is 0 Å². The lowest BCUT2D eigenvalue weighted by atomic mass is 10.0. The average Bonchev–Trinajstić information content (AvgIpc) is 2.75. The standard InChI is InChI=1S/C22H40N2O8/c1-14(15(2)25)8-6-7-11-23-17(26)9-4-5-10-18(27)24-12-13-31-22-21(30)20(29)19(28)16(3)32-22/h14,16,19-22,28-30H,4-13H2,1-3H3,(H,23,26)(H,24,27)/t14-,16-,19+,20+,21-,22+/m0/s1. The van der Waals surface area contributed by atoms with Crippen LogP contribution in [0.3, 0.4) is 0 Å². The van der Waals surface area contributed by atoms with Crippen LogP contribution in [0.4, 0.5) is 0 Å². The topological polar surface area (TPSA) is 154 Å². The minimum Gasteiger partial charge on any atom is -0.388 e. The summed E-state index contributed by atoms with van der Waals surface area (Å²) in [5.41, 5.74) is 0. The van der Waals surface area contributed by atoms with Gasteiger partial charge in [-0.2, -0.15) is 0 Å². The molecule has 0 bridgehead atoms. The van der Waals surface area contributed by atoms with E-state index in [0.29, 0.717) is 32.2 Å². The van der Waals surface area contributed by atoms with Gasteiger partial charge in [0.25, 0.3) is 0 Å². The number of aliphatic hydroxyl groups is 3. The Balaban J connectivity index is 2.01. The summed E-state index contributed by atoms with van der Waals surface area (Å²) in [5, 5.41) is 34.8. The molecular weight excluding hydrogens is 420 g/mol. The Labute approximate surface area is 190 Å².